The molecule has 1 atom stereocenters. The number of aromatic nitrogens is 1. The zero-order valence-electron chi connectivity index (χ0n) is 12.7. The lowest BCUT2D eigenvalue weighted by Crippen LogP contribution is -2.50. The van der Waals surface area contributed by atoms with Crippen LogP contribution in [0.2, 0.25) is 0 Å². The Labute approximate surface area is 137 Å². The molecule has 2 aromatic rings. The van der Waals surface area contributed by atoms with Gasteiger partial charge < -0.3 is 19.4 Å². The maximum atomic E-state index is 12.4. The van der Waals surface area contributed by atoms with Gasteiger partial charge in [-0.2, -0.15) is 0 Å². The quantitative estimate of drug-likeness (QED) is 0.912. The predicted octanol–water partition coefficient (Wildman–Crippen LogP) is 1.38. The minimum Gasteiger partial charge on any atom is -0.442 e. The fourth-order valence-electron chi connectivity index (χ4n) is 2.37. The summed E-state index contributed by atoms with van der Waals surface area (Å²) < 4.78 is 10.5. The molecule has 122 valence electrons. The van der Waals surface area contributed by atoms with E-state index in [1.807, 2.05) is 17.5 Å². The van der Waals surface area contributed by atoms with Gasteiger partial charge in [0.1, 0.15) is 6.04 Å². The maximum Gasteiger partial charge on any atom is 0.274 e. The van der Waals surface area contributed by atoms with Crippen LogP contribution in [0.3, 0.4) is 0 Å². The molecule has 0 aliphatic carbocycles. The molecule has 7 nitrogen and oxygen atoms in total. The number of carbonyl (C=O) groups is 2. The van der Waals surface area contributed by atoms with Crippen LogP contribution in [0.1, 0.15) is 17.4 Å². The topological polar surface area (TPSA) is 84.7 Å². The Hall–Kier alpha value is -2.19. The maximum absolute atomic E-state index is 12.4. The third-order valence-electron chi connectivity index (χ3n) is 3.57. The predicted molar refractivity (Wildman–Crippen MR) is 84.1 cm³/mol. The first-order valence-corrected chi connectivity index (χ1v) is 8.19. The molecule has 1 N–H and O–H groups in total. The first-order valence-electron chi connectivity index (χ1n) is 7.31. The van der Waals surface area contributed by atoms with Gasteiger partial charge in [-0.15, -0.1) is 11.3 Å². The SMILES string of the molecule is C[C@H](NC(=O)c1ncoc1-c1cccs1)C(=O)N1CCOCC1. The van der Waals surface area contributed by atoms with Crippen LogP contribution in [0.25, 0.3) is 10.6 Å². The lowest BCUT2D eigenvalue weighted by Gasteiger charge is -2.29. The van der Waals surface area contributed by atoms with E-state index in [4.69, 9.17) is 9.15 Å². The van der Waals surface area contributed by atoms with Crippen molar-refractivity contribution in [1.29, 1.82) is 0 Å². The second-order valence-electron chi connectivity index (χ2n) is 5.14. The monoisotopic (exact) mass is 335 g/mol. The van der Waals surface area contributed by atoms with Crippen molar-refractivity contribution in [2.24, 2.45) is 0 Å². The molecule has 1 saturated heterocycles. The van der Waals surface area contributed by atoms with Gasteiger partial charge in [0.05, 0.1) is 18.1 Å². The van der Waals surface area contributed by atoms with Crippen LogP contribution in [0, 0.1) is 0 Å². The van der Waals surface area contributed by atoms with E-state index in [9.17, 15) is 9.59 Å². The highest BCUT2D eigenvalue weighted by molar-refractivity contribution is 7.13. The fourth-order valence-corrected chi connectivity index (χ4v) is 3.09. The van der Waals surface area contributed by atoms with Crippen molar-refractivity contribution in [1.82, 2.24) is 15.2 Å². The van der Waals surface area contributed by atoms with Gasteiger partial charge in [0.25, 0.3) is 5.91 Å². The van der Waals surface area contributed by atoms with Crippen molar-refractivity contribution in [2.75, 3.05) is 26.3 Å². The Kier molecular flexibility index (Phi) is 4.73. The van der Waals surface area contributed by atoms with E-state index in [1.54, 1.807) is 11.8 Å². The number of carbonyl (C=O) groups excluding carboxylic acids is 2. The van der Waals surface area contributed by atoms with Crippen LogP contribution in [0.4, 0.5) is 0 Å². The number of hydrogen-bond acceptors (Lipinski definition) is 6. The molecule has 0 aromatic carbocycles. The average molecular weight is 335 g/mol. The van der Waals surface area contributed by atoms with Crippen molar-refractivity contribution in [3.8, 4) is 10.6 Å². The normalized spacial score (nSPS) is 16.1. The third-order valence-corrected chi connectivity index (χ3v) is 4.44. The third kappa shape index (κ3) is 3.43. The van der Waals surface area contributed by atoms with Gasteiger partial charge >= 0.3 is 0 Å². The van der Waals surface area contributed by atoms with Gasteiger partial charge in [-0.3, -0.25) is 9.59 Å². The summed E-state index contributed by atoms with van der Waals surface area (Å²) >= 11 is 1.46. The highest BCUT2D eigenvalue weighted by Gasteiger charge is 2.26. The molecule has 1 fully saturated rings. The van der Waals surface area contributed by atoms with E-state index in [-0.39, 0.29) is 11.6 Å². The van der Waals surface area contributed by atoms with E-state index in [1.165, 1.54) is 17.7 Å². The molecule has 2 amide bonds. The Balaban J connectivity index is 1.67. The molecule has 0 spiro atoms. The van der Waals surface area contributed by atoms with Gasteiger partial charge in [-0.25, -0.2) is 4.98 Å². The van der Waals surface area contributed by atoms with Crippen LogP contribution in [0.15, 0.2) is 28.3 Å². The lowest BCUT2D eigenvalue weighted by atomic mass is 10.2. The number of hydrogen-bond donors (Lipinski definition) is 1. The number of ether oxygens (including phenoxy) is 1. The highest BCUT2D eigenvalue weighted by atomic mass is 32.1. The second-order valence-corrected chi connectivity index (χ2v) is 6.09. The fraction of sp³-hybridized carbons (Fsp3) is 0.400. The van der Waals surface area contributed by atoms with Crippen LogP contribution >= 0.6 is 11.3 Å². The molecular weight excluding hydrogens is 318 g/mol. The van der Waals surface area contributed by atoms with Gasteiger partial charge in [0.2, 0.25) is 5.91 Å². The minimum atomic E-state index is -0.631. The molecule has 23 heavy (non-hydrogen) atoms. The van der Waals surface area contributed by atoms with Crippen LogP contribution < -0.4 is 5.32 Å². The van der Waals surface area contributed by atoms with Gasteiger partial charge in [-0.05, 0) is 18.4 Å². The number of nitrogens with one attached hydrogen (secondary N) is 1. The Morgan fingerprint density at radius 2 is 2.17 bits per heavy atom. The summed E-state index contributed by atoms with van der Waals surface area (Å²) in [5, 5.41) is 4.59. The highest BCUT2D eigenvalue weighted by Crippen LogP contribution is 2.27. The van der Waals surface area contributed by atoms with Gasteiger partial charge in [0.15, 0.2) is 17.8 Å². The van der Waals surface area contributed by atoms with E-state index in [0.29, 0.717) is 32.1 Å². The molecule has 2 aromatic heterocycles. The van der Waals surface area contributed by atoms with Crippen molar-refractivity contribution >= 4 is 23.2 Å². The van der Waals surface area contributed by atoms with Crippen molar-refractivity contribution in [3.05, 3.63) is 29.6 Å². The van der Waals surface area contributed by atoms with E-state index >= 15 is 0 Å². The number of rotatable bonds is 4. The first-order chi connectivity index (χ1) is 11.2. The number of nitrogens with zero attached hydrogens (tertiary/aromatic N) is 2. The van der Waals surface area contributed by atoms with E-state index < -0.39 is 11.9 Å². The zero-order valence-corrected chi connectivity index (χ0v) is 13.5. The van der Waals surface area contributed by atoms with Gasteiger partial charge in [-0.1, -0.05) is 6.07 Å². The zero-order chi connectivity index (χ0) is 16.2. The van der Waals surface area contributed by atoms with Crippen molar-refractivity contribution in [3.63, 3.8) is 0 Å². The van der Waals surface area contributed by atoms with Crippen LogP contribution in [0.5, 0.6) is 0 Å². The molecular formula is C15H17N3O4S. The molecule has 3 heterocycles. The van der Waals surface area contributed by atoms with Crippen LogP contribution in [-0.2, 0) is 9.53 Å². The Bertz CT molecular complexity index is 677. The number of thiophene rings is 1. The molecule has 3 rings (SSSR count). The summed E-state index contributed by atoms with van der Waals surface area (Å²) in [6, 6.07) is 3.09. The first kappa shape index (κ1) is 15.7. The van der Waals surface area contributed by atoms with E-state index in [2.05, 4.69) is 10.3 Å². The molecule has 0 unspecified atom stereocenters. The molecule has 0 radical (unpaired) electrons. The minimum absolute atomic E-state index is 0.122. The molecule has 1 aliphatic heterocycles. The summed E-state index contributed by atoms with van der Waals surface area (Å²) in [4.78, 5) is 31.2. The molecule has 0 saturated carbocycles. The lowest BCUT2D eigenvalue weighted by molar-refractivity contribution is -0.136. The Morgan fingerprint density at radius 3 is 2.87 bits per heavy atom. The molecule has 0 bridgehead atoms. The summed E-state index contributed by atoms with van der Waals surface area (Å²) in [7, 11) is 0. The largest absolute Gasteiger partial charge is 0.442 e. The smallest absolute Gasteiger partial charge is 0.274 e. The summed E-state index contributed by atoms with van der Waals surface area (Å²) in [5.74, 6) is -0.123. The molecule has 8 heteroatoms. The average Bonchev–Trinajstić information content (AvgIpc) is 3.25. The summed E-state index contributed by atoms with van der Waals surface area (Å²) in [5.41, 5.74) is 0.189. The Morgan fingerprint density at radius 1 is 1.39 bits per heavy atom. The number of oxazole rings is 1. The molecule has 1 aliphatic rings. The van der Waals surface area contributed by atoms with Crippen LogP contribution in [-0.4, -0.2) is 54.0 Å². The summed E-state index contributed by atoms with van der Waals surface area (Å²) in [6.07, 6.45) is 1.23. The number of morpholine rings is 1. The van der Waals surface area contributed by atoms with Crippen molar-refractivity contribution < 1.29 is 18.7 Å². The van der Waals surface area contributed by atoms with Gasteiger partial charge in [0, 0.05) is 13.1 Å². The second kappa shape index (κ2) is 6.93. The van der Waals surface area contributed by atoms with E-state index in [0.717, 1.165) is 4.88 Å². The van der Waals surface area contributed by atoms with Crippen molar-refractivity contribution in [2.45, 2.75) is 13.0 Å². The number of amides is 2. The summed E-state index contributed by atoms with van der Waals surface area (Å²) in [6.45, 7) is 3.81. The standard InChI is InChI=1S/C15H17N3O4S/c1-10(15(20)18-4-6-21-7-5-18)17-14(19)12-13(22-9-16-12)11-3-2-8-23-11/h2-3,8-10H,4-7H2,1H3,(H,17,19)/t10-/m0/s1.